The molecule has 0 aliphatic heterocycles. The molecule has 1 aliphatic carbocycles. The molecule has 1 aromatic carbocycles. The van der Waals surface area contributed by atoms with Crippen LogP contribution in [0.15, 0.2) is 46.9 Å². The molecule has 0 radical (unpaired) electrons. The monoisotopic (exact) mass is 380 g/mol. The molecule has 0 bridgehead atoms. The third kappa shape index (κ3) is 5.12. The second kappa shape index (κ2) is 8.91. The number of nitrogens with zero attached hydrogens (tertiary/aromatic N) is 1. The van der Waals surface area contributed by atoms with E-state index in [0.717, 1.165) is 29.9 Å². The van der Waals surface area contributed by atoms with Crippen LogP contribution < -0.4 is 5.32 Å². The summed E-state index contributed by atoms with van der Waals surface area (Å²) in [5.41, 5.74) is 1.76. The van der Waals surface area contributed by atoms with Gasteiger partial charge in [0.05, 0.1) is 0 Å². The van der Waals surface area contributed by atoms with Gasteiger partial charge in [0.25, 0.3) is 0 Å². The fraction of sp³-hybridized carbons (Fsp3) is 0.391. The summed E-state index contributed by atoms with van der Waals surface area (Å²) in [6.07, 6.45) is 5.11. The van der Waals surface area contributed by atoms with Gasteiger partial charge >= 0.3 is 0 Å². The van der Waals surface area contributed by atoms with E-state index >= 15 is 0 Å². The van der Waals surface area contributed by atoms with Gasteiger partial charge < -0.3 is 14.6 Å². The van der Waals surface area contributed by atoms with E-state index in [1.54, 1.807) is 11.0 Å². The maximum atomic E-state index is 12.6. The van der Waals surface area contributed by atoms with Gasteiger partial charge in [-0.2, -0.15) is 0 Å². The van der Waals surface area contributed by atoms with Crippen LogP contribution in [0.25, 0.3) is 6.08 Å². The lowest BCUT2D eigenvalue weighted by atomic mass is 10.2. The van der Waals surface area contributed by atoms with Crippen molar-refractivity contribution in [3.8, 4) is 0 Å². The Morgan fingerprint density at radius 1 is 1.25 bits per heavy atom. The summed E-state index contributed by atoms with van der Waals surface area (Å²) in [4.78, 5) is 26.5. The maximum Gasteiger partial charge on any atom is 0.247 e. The molecule has 0 spiro atoms. The van der Waals surface area contributed by atoms with Gasteiger partial charge in [0.15, 0.2) is 0 Å². The van der Waals surface area contributed by atoms with E-state index in [2.05, 4.69) is 12.2 Å². The summed E-state index contributed by atoms with van der Waals surface area (Å²) in [6.45, 7) is 6.67. The molecular formula is C23H28N2O3. The Bertz CT molecular complexity index is 868. The van der Waals surface area contributed by atoms with Crippen molar-refractivity contribution in [3.05, 3.63) is 59.6 Å². The molecule has 0 saturated heterocycles. The van der Waals surface area contributed by atoms with Crippen molar-refractivity contribution < 1.29 is 14.0 Å². The van der Waals surface area contributed by atoms with Crippen molar-refractivity contribution in [1.82, 2.24) is 4.90 Å². The molecule has 1 saturated carbocycles. The van der Waals surface area contributed by atoms with E-state index in [9.17, 15) is 9.59 Å². The SMILES string of the molecule is CCCN(CC(=O)Nc1ccccc1C)C(=O)/C=C/c1ccc(C2CC2C)o1. The molecule has 3 rings (SSSR count). The van der Waals surface area contributed by atoms with Gasteiger partial charge in [-0.25, -0.2) is 0 Å². The van der Waals surface area contributed by atoms with Crippen LogP contribution >= 0.6 is 0 Å². The Balaban J connectivity index is 1.59. The van der Waals surface area contributed by atoms with E-state index in [1.165, 1.54) is 6.08 Å². The summed E-state index contributed by atoms with van der Waals surface area (Å²) in [6, 6.07) is 11.5. The highest BCUT2D eigenvalue weighted by atomic mass is 16.3. The number of anilines is 1. The Morgan fingerprint density at radius 3 is 2.68 bits per heavy atom. The number of carbonyl (C=O) groups is 2. The average Bonchev–Trinajstić information content (AvgIpc) is 3.21. The van der Waals surface area contributed by atoms with E-state index in [-0.39, 0.29) is 18.4 Å². The van der Waals surface area contributed by atoms with Crippen LogP contribution in [0.1, 0.15) is 49.7 Å². The molecule has 2 aromatic rings. The molecule has 2 atom stereocenters. The second-order valence-electron chi connectivity index (χ2n) is 7.52. The molecule has 1 heterocycles. The number of furan rings is 1. The number of hydrogen-bond acceptors (Lipinski definition) is 3. The third-order valence-electron chi connectivity index (χ3n) is 5.07. The van der Waals surface area contributed by atoms with Gasteiger partial charge in [-0.15, -0.1) is 0 Å². The van der Waals surface area contributed by atoms with Gasteiger partial charge in [-0.1, -0.05) is 32.0 Å². The third-order valence-corrected chi connectivity index (χ3v) is 5.07. The first-order valence-electron chi connectivity index (χ1n) is 9.90. The zero-order valence-electron chi connectivity index (χ0n) is 16.8. The van der Waals surface area contributed by atoms with Crippen molar-refractivity contribution in [1.29, 1.82) is 0 Å². The maximum absolute atomic E-state index is 12.6. The highest BCUT2D eigenvalue weighted by Crippen LogP contribution is 2.47. The van der Waals surface area contributed by atoms with Crippen LogP contribution in [-0.2, 0) is 9.59 Å². The molecule has 1 aliphatic rings. The molecule has 5 heteroatoms. The summed E-state index contributed by atoms with van der Waals surface area (Å²) < 4.78 is 5.80. The smallest absolute Gasteiger partial charge is 0.247 e. The Hall–Kier alpha value is -2.82. The molecule has 2 amide bonds. The lowest BCUT2D eigenvalue weighted by Gasteiger charge is -2.20. The lowest BCUT2D eigenvalue weighted by Crippen LogP contribution is -2.37. The Kier molecular flexibility index (Phi) is 6.34. The summed E-state index contributed by atoms with van der Waals surface area (Å²) in [5.74, 6) is 2.45. The summed E-state index contributed by atoms with van der Waals surface area (Å²) in [5, 5.41) is 2.88. The van der Waals surface area contributed by atoms with Crippen LogP contribution in [0.2, 0.25) is 0 Å². The predicted octanol–water partition coefficient (Wildman–Crippen LogP) is 4.60. The van der Waals surface area contributed by atoms with Crippen LogP contribution in [0, 0.1) is 12.8 Å². The van der Waals surface area contributed by atoms with Gasteiger partial charge in [0, 0.05) is 24.2 Å². The number of benzene rings is 1. The zero-order chi connectivity index (χ0) is 20.1. The molecule has 148 valence electrons. The average molecular weight is 380 g/mol. The Morgan fingerprint density at radius 2 is 2.00 bits per heavy atom. The number of rotatable bonds is 8. The van der Waals surface area contributed by atoms with Crippen molar-refractivity contribution in [3.63, 3.8) is 0 Å². The normalized spacial score (nSPS) is 18.2. The molecule has 28 heavy (non-hydrogen) atoms. The number of amides is 2. The molecule has 2 unspecified atom stereocenters. The first kappa shape index (κ1) is 19.9. The molecule has 1 N–H and O–H groups in total. The van der Waals surface area contributed by atoms with Crippen LogP contribution in [0.5, 0.6) is 0 Å². The van der Waals surface area contributed by atoms with Gasteiger partial charge in [0.2, 0.25) is 11.8 Å². The topological polar surface area (TPSA) is 62.6 Å². The largest absolute Gasteiger partial charge is 0.461 e. The first-order valence-corrected chi connectivity index (χ1v) is 9.90. The summed E-state index contributed by atoms with van der Waals surface area (Å²) >= 11 is 0. The number of hydrogen-bond donors (Lipinski definition) is 1. The molecule has 1 aromatic heterocycles. The van der Waals surface area contributed by atoms with Gasteiger partial charge in [-0.3, -0.25) is 9.59 Å². The molecule has 5 nitrogen and oxygen atoms in total. The number of carbonyl (C=O) groups excluding carboxylic acids is 2. The van der Waals surface area contributed by atoms with Crippen molar-refractivity contribution in [2.24, 2.45) is 5.92 Å². The van der Waals surface area contributed by atoms with E-state index in [1.807, 2.05) is 50.2 Å². The minimum absolute atomic E-state index is 0.0222. The predicted molar refractivity (Wildman–Crippen MR) is 111 cm³/mol. The zero-order valence-corrected chi connectivity index (χ0v) is 16.8. The quantitative estimate of drug-likeness (QED) is 0.681. The van der Waals surface area contributed by atoms with E-state index in [4.69, 9.17) is 4.42 Å². The second-order valence-corrected chi connectivity index (χ2v) is 7.52. The van der Waals surface area contributed by atoms with Crippen LogP contribution in [-0.4, -0.2) is 29.8 Å². The highest BCUT2D eigenvalue weighted by Gasteiger charge is 2.36. The fourth-order valence-electron chi connectivity index (χ4n) is 3.25. The minimum atomic E-state index is -0.201. The number of para-hydroxylation sites is 1. The first-order chi connectivity index (χ1) is 13.5. The summed E-state index contributed by atoms with van der Waals surface area (Å²) in [7, 11) is 0. The number of aryl methyl sites for hydroxylation is 1. The fourth-order valence-corrected chi connectivity index (χ4v) is 3.25. The number of nitrogens with one attached hydrogen (secondary N) is 1. The van der Waals surface area contributed by atoms with Crippen LogP contribution in [0.4, 0.5) is 5.69 Å². The highest BCUT2D eigenvalue weighted by molar-refractivity contribution is 5.98. The molecular weight excluding hydrogens is 352 g/mol. The van der Waals surface area contributed by atoms with Crippen molar-refractivity contribution in [2.75, 3.05) is 18.4 Å². The van der Waals surface area contributed by atoms with Gasteiger partial charge in [-0.05, 0) is 55.5 Å². The Labute approximate surface area is 166 Å². The standard InChI is InChI=1S/C23H28N2O3/c1-4-13-25(15-22(26)24-20-8-6-5-7-16(20)2)23(27)12-10-18-9-11-21(28-18)19-14-17(19)3/h5-12,17,19H,4,13-15H2,1-3H3,(H,24,26)/b12-10+. The van der Waals surface area contributed by atoms with E-state index in [0.29, 0.717) is 24.1 Å². The minimum Gasteiger partial charge on any atom is -0.461 e. The van der Waals surface area contributed by atoms with Crippen molar-refractivity contribution in [2.45, 2.75) is 39.5 Å². The molecule has 1 fully saturated rings. The lowest BCUT2D eigenvalue weighted by molar-refractivity contribution is -0.130. The van der Waals surface area contributed by atoms with E-state index < -0.39 is 0 Å². The van der Waals surface area contributed by atoms with Crippen molar-refractivity contribution >= 4 is 23.6 Å². The van der Waals surface area contributed by atoms with Crippen LogP contribution in [0.3, 0.4) is 0 Å². The van der Waals surface area contributed by atoms with Gasteiger partial charge in [0.1, 0.15) is 18.1 Å².